The van der Waals surface area contributed by atoms with Crippen LogP contribution < -0.4 is 5.32 Å². The van der Waals surface area contributed by atoms with Crippen molar-refractivity contribution in [3.8, 4) is 0 Å². The number of nitrogens with one attached hydrogen (secondary N) is 1. The Hall–Kier alpha value is -0.930. The van der Waals surface area contributed by atoms with Gasteiger partial charge in [0.1, 0.15) is 5.82 Å². The van der Waals surface area contributed by atoms with Gasteiger partial charge in [0.15, 0.2) is 0 Å². The normalized spacial score (nSPS) is 12.1. The summed E-state index contributed by atoms with van der Waals surface area (Å²) in [6.07, 6.45) is 2.28. The van der Waals surface area contributed by atoms with Crippen LogP contribution in [0.5, 0.6) is 0 Å². The smallest absolute Gasteiger partial charge is 0.127 e. The maximum absolute atomic E-state index is 13.5. The third-order valence-corrected chi connectivity index (χ3v) is 3.02. The Morgan fingerprint density at radius 2 is 1.84 bits per heavy atom. The molecule has 0 fully saturated rings. The van der Waals surface area contributed by atoms with E-state index in [4.69, 9.17) is 0 Å². The fourth-order valence-electron chi connectivity index (χ4n) is 1.97. The van der Waals surface area contributed by atoms with E-state index in [1.165, 1.54) is 6.07 Å². The van der Waals surface area contributed by atoms with Gasteiger partial charge in [-0.25, -0.2) is 4.39 Å². The highest BCUT2D eigenvalue weighted by Crippen LogP contribution is 2.09. The van der Waals surface area contributed by atoms with Gasteiger partial charge < -0.3 is 10.2 Å². The Kier molecular flexibility index (Phi) is 6.46. The summed E-state index contributed by atoms with van der Waals surface area (Å²) in [5.74, 6) is -0.108. The molecule has 108 valence electrons. The van der Waals surface area contributed by atoms with Crippen LogP contribution in [0, 0.1) is 5.82 Å². The second-order valence-electron chi connectivity index (χ2n) is 6.21. The molecule has 0 saturated heterocycles. The number of halogens is 1. The molecule has 1 N–H and O–H groups in total. The summed E-state index contributed by atoms with van der Waals surface area (Å²) in [6.45, 7) is 9.25. The molecule has 0 amide bonds. The predicted octanol–water partition coefficient (Wildman–Crippen LogP) is 3.43. The van der Waals surface area contributed by atoms with Gasteiger partial charge in [-0.2, -0.15) is 0 Å². The van der Waals surface area contributed by atoms with E-state index in [9.17, 15) is 4.39 Å². The molecule has 1 rings (SSSR count). The first kappa shape index (κ1) is 16.1. The van der Waals surface area contributed by atoms with E-state index in [-0.39, 0.29) is 11.4 Å². The van der Waals surface area contributed by atoms with Crippen molar-refractivity contribution < 1.29 is 4.39 Å². The summed E-state index contributed by atoms with van der Waals surface area (Å²) >= 11 is 0. The van der Waals surface area contributed by atoms with Crippen molar-refractivity contribution in [1.82, 2.24) is 10.2 Å². The molecular formula is C16H27FN2. The zero-order chi connectivity index (χ0) is 14.3. The fraction of sp³-hybridized carbons (Fsp3) is 0.625. The molecule has 0 spiro atoms. The summed E-state index contributed by atoms with van der Waals surface area (Å²) in [5, 5.41) is 3.48. The van der Waals surface area contributed by atoms with Gasteiger partial charge in [0.25, 0.3) is 0 Å². The average molecular weight is 266 g/mol. The Balaban J connectivity index is 2.18. The highest BCUT2D eigenvalue weighted by molar-refractivity contribution is 5.16. The Labute approximate surface area is 117 Å². The van der Waals surface area contributed by atoms with Gasteiger partial charge in [-0.3, -0.25) is 0 Å². The second kappa shape index (κ2) is 7.61. The first-order valence-electron chi connectivity index (χ1n) is 7.05. The van der Waals surface area contributed by atoms with Crippen molar-refractivity contribution >= 4 is 0 Å². The first-order valence-corrected chi connectivity index (χ1v) is 7.05. The van der Waals surface area contributed by atoms with Crippen molar-refractivity contribution in [2.24, 2.45) is 0 Å². The second-order valence-corrected chi connectivity index (χ2v) is 6.21. The fourth-order valence-corrected chi connectivity index (χ4v) is 1.97. The van der Waals surface area contributed by atoms with E-state index in [2.05, 4.69) is 31.0 Å². The summed E-state index contributed by atoms with van der Waals surface area (Å²) in [6, 6.07) is 7.00. The number of unbranched alkanes of at least 4 members (excludes halogenated alkanes) is 1. The molecule has 0 radical (unpaired) electrons. The minimum Gasteiger partial charge on any atom is -0.312 e. The lowest BCUT2D eigenvalue weighted by atomic mass is 10.1. The van der Waals surface area contributed by atoms with Gasteiger partial charge in [0, 0.05) is 17.6 Å². The zero-order valence-corrected chi connectivity index (χ0v) is 12.7. The quantitative estimate of drug-likeness (QED) is 0.761. The van der Waals surface area contributed by atoms with Gasteiger partial charge in [-0.05, 0) is 59.8 Å². The van der Waals surface area contributed by atoms with E-state index < -0.39 is 0 Å². The molecule has 0 aliphatic carbocycles. The lowest BCUT2D eigenvalue weighted by molar-refractivity contribution is 0.309. The molecular weight excluding hydrogens is 239 g/mol. The summed E-state index contributed by atoms with van der Waals surface area (Å²) < 4.78 is 13.5. The van der Waals surface area contributed by atoms with Gasteiger partial charge in [-0.15, -0.1) is 0 Å². The molecule has 0 aromatic heterocycles. The maximum Gasteiger partial charge on any atom is 0.127 e. The third-order valence-electron chi connectivity index (χ3n) is 3.02. The summed E-state index contributed by atoms with van der Waals surface area (Å²) in [7, 11) is 2.05. The lowest BCUT2D eigenvalue weighted by Gasteiger charge is -2.21. The van der Waals surface area contributed by atoms with E-state index in [0.717, 1.165) is 31.5 Å². The molecule has 0 unspecified atom stereocenters. The van der Waals surface area contributed by atoms with Gasteiger partial charge in [0.2, 0.25) is 0 Å². The molecule has 1 aromatic rings. The van der Waals surface area contributed by atoms with Crippen LogP contribution in [-0.4, -0.2) is 30.6 Å². The SMILES string of the molecule is CN(CCCCNC(C)(C)C)Cc1ccccc1F. The number of rotatable bonds is 7. The van der Waals surface area contributed by atoms with Gasteiger partial charge in [-0.1, -0.05) is 18.2 Å². The zero-order valence-electron chi connectivity index (χ0n) is 12.7. The Morgan fingerprint density at radius 3 is 2.47 bits per heavy atom. The van der Waals surface area contributed by atoms with Crippen molar-refractivity contribution in [3.63, 3.8) is 0 Å². The highest BCUT2D eigenvalue weighted by Gasteiger charge is 2.08. The van der Waals surface area contributed by atoms with E-state index in [1.807, 2.05) is 19.2 Å². The van der Waals surface area contributed by atoms with Crippen molar-refractivity contribution in [2.45, 2.75) is 45.7 Å². The molecule has 3 heteroatoms. The van der Waals surface area contributed by atoms with Crippen LogP contribution in [0.15, 0.2) is 24.3 Å². The number of hydrogen-bond acceptors (Lipinski definition) is 2. The van der Waals surface area contributed by atoms with E-state index in [1.54, 1.807) is 6.07 Å². The molecule has 0 heterocycles. The molecule has 0 aliphatic rings. The van der Waals surface area contributed by atoms with Crippen molar-refractivity contribution in [2.75, 3.05) is 20.1 Å². The molecule has 2 nitrogen and oxygen atoms in total. The van der Waals surface area contributed by atoms with Crippen LogP contribution in [0.1, 0.15) is 39.2 Å². The van der Waals surface area contributed by atoms with Gasteiger partial charge in [0.05, 0.1) is 0 Å². The minimum absolute atomic E-state index is 0.108. The topological polar surface area (TPSA) is 15.3 Å². The molecule has 0 saturated carbocycles. The maximum atomic E-state index is 13.5. The molecule has 19 heavy (non-hydrogen) atoms. The number of benzene rings is 1. The van der Waals surface area contributed by atoms with Crippen LogP contribution in [0.25, 0.3) is 0 Å². The van der Waals surface area contributed by atoms with Crippen LogP contribution in [0.4, 0.5) is 4.39 Å². The lowest BCUT2D eigenvalue weighted by Crippen LogP contribution is -2.36. The van der Waals surface area contributed by atoms with E-state index >= 15 is 0 Å². The first-order chi connectivity index (χ1) is 8.88. The average Bonchev–Trinajstić information content (AvgIpc) is 2.30. The minimum atomic E-state index is -0.108. The van der Waals surface area contributed by atoms with Crippen molar-refractivity contribution in [3.05, 3.63) is 35.6 Å². The largest absolute Gasteiger partial charge is 0.312 e. The van der Waals surface area contributed by atoms with E-state index in [0.29, 0.717) is 6.54 Å². The molecule has 0 atom stereocenters. The van der Waals surface area contributed by atoms with Crippen LogP contribution in [0.3, 0.4) is 0 Å². The Bertz CT molecular complexity index is 371. The third kappa shape index (κ3) is 7.28. The van der Waals surface area contributed by atoms with Crippen LogP contribution in [0.2, 0.25) is 0 Å². The van der Waals surface area contributed by atoms with Crippen LogP contribution >= 0.6 is 0 Å². The standard InChI is InChI=1S/C16H27FN2/c1-16(2,3)18-11-7-8-12-19(4)13-14-9-5-6-10-15(14)17/h5-6,9-10,18H,7-8,11-13H2,1-4H3. The number of hydrogen-bond donors (Lipinski definition) is 1. The molecule has 0 bridgehead atoms. The van der Waals surface area contributed by atoms with Crippen molar-refractivity contribution in [1.29, 1.82) is 0 Å². The molecule has 1 aromatic carbocycles. The van der Waals surface area contributed by atoms with Crippen LogP contribution in [-0.2, 0) is 6.54 Å². The van der Waals surface area contributed by atoms with Gasteiger partial charge >= 0.3 is 0 Å². The Morgan fingerprint density at radius 1 is 1.16 bits per heavy atom. The monoisotopic (exact) mass is 266 g/mol. The number of nitrogens with zero attached hydrogens (tertiary/aromatic N) is 1. The summed E-state index contributed by atoms with van der Waals surface area (Å²) in [4.78, 5) is 2.18. The molecule has 0 aliphatic heterocycles. The summed E-state index contributed by atoms with van der Waals surface area (Å²) in [5.41, 5.74) is 0.969. The predicted molar refractivity (Wildman–Crippen MR) is 79.7 cm³/mol. The highest BCUT2D eigenvalue weighted by atomic mass is 19.1.